The quantitative estimate of drug-likeness (QED) is 0.419. The number of sulfonamides is 2. The van der Waals surface area contributed by atoms with Crippen molar-refractivity contribution >= 4 is 31.6 Å². The number of rotatable bonds is 7. The summed E-state index contributed by atoms with van der Waals surface area (Å²) in [5.41, 5.74) is -0.331. The molecule has 0 atom stereocenters. The molecule has 1 fully saturated rings. The first-order valence-electron chi connectivity index (χ1n) is 9.57. The minimum absolute atomic E-state index is 0.00802. The first-order chi connectivity index (χ1) is 15.0. The maximum Gasteiger partial charge on any atom is 0.270 e. The fraction of sp³-hybridized carbons (Fsp3) is 0.316. The normalized spacial score (nSPS) is 15.6. The maximum atomic E-state index is 12.8. The van der Waals surface area contributed by atoms with Gasteiger partial charge in [-0.2, -0.15) is 8.61 Å². The van der Waals surface area contributed by atoms with Crippen molar-refractivity contribution < 1.29 is 26.6 Å². The largest absolute Gasteiger partial charge is 0.339 e. The molecule has 1 amide bonds. The van der Waals surface area contributed by atoms with E-state index in [1.165, 1.54) is 42.3 Å². The van der Waals surface area contributed by atoms with Crippen LogP contribution in [0.25, 0.3) is 0 Å². The third-order valence-corrected chi connectivity index (χ3v) is 8.78. The second kappa shape index (κ2) is 9.32. The molecule has 0 radical (unpaired) electrons. The Labute approximate surface area is 186 Å². The molecule has 0 unspecified atom stereocenters. The van der Waals surface area contributed by atoms with E-state index in [1.807, 2.05) is 0 Å². The zero-order valence-electron chi connectivity index (χ0n) is 17.2. The number of carbonyl (C=O) groups excluding carboxylic acids is 1. The average Bonchev–Trinajstić information content (AvgIpc) is 2.79. The lowest BCUT2D eigenvalue weighted by atomic mass is 10.3. The van der Waals surface area contributed by atoms with E-state index in [0.717, 1.165) is 14.7 Å². The highest BCUT2D eigenvalue weighted by Crippen LogP contribution is 2.22. The van der Waals surface area contributed by atoms with E-state index in [4.69, 9.17) is 0 Å². The van der Waals surface area contributed by atoms with E-state index >= 15 is 0 Å². The molecular formula is C19H22N4O7S2. The molecule has 0 saturated carbocycles. The number of non-ortho nitro benzene ring substituents is 1. The van der Waals surface area contributed by atoms with Gasteiger partial charge in [-0.05, 0) is 18.2 Å². The summed E-state index contributed by atoms with van der Waals surface area (Å²) in [7, 11) is -6.49. The van der Waals surface area contributed by atoms with E-state index in [1.54, 1.807) is 18.2 Å². The Morgan fingerprint density at radius 2 is 1.56 bits per heavy atom. The predicted molar refractivity (Wildman–Crippen MR) is 115 cm³/mol. The Bertz CT molecular complexity index is 1210. The molecule has 0 spiro atoms. The summed E-state index contributed by atoms with van der Waals surface area (Å²) in [5, 5.41) is 10.9. The summed E-state index contributed by atoms with van der Waals surface area (Å²) in [5.74, 6) is -0.445. The van der Waals surface area contributed by atoms with Gasteiger partial charge in [0.15, 0.2) is 0 Å². The van der Waals surface area contributed by atoms with Crippen LogP contribution in [0.15, 0.2) is 64.4 Å². The molecule has 0 bridgehead atoms. The summed E-state index contributed by atoms with van der Waals surface area (Å²) in [6.45, 7) is -0.245. The minimum Gasteiger partial charge on any atom is -0.339 e. The molecule has 1 aliphatic heterocycles. The van der Waals surface area contributed by atoms with Gasteiger partial charge in [-0.3, -0.25) is 14.9 Å². The van der Waals surface area contributed by atoms with Crippen LogP contribution in [0.4, 0.5) is 5.69 Å². The van der Waals surface area contributed by atoms with Gasteiger partial charge < -0.3 is 4.90 Å². The van der Waals surface area contributed by atoms with Crippen LogP contribution in [0.3, 0.4) is 0 Å². The standard InChI is InChI=1S/C19H22N4O7S2/c1-20(31(27,28)17-7-3-2-4-8-17)15-19(24)21-10-12-22(13-11-21)32(29,30)18-9-5-6-16(14-18)23(25)26/h2-9,14H,10-13,15H2,1H3. The van der Waals surface area contributed by atoms with E-state index < -0.39 is 30.9 Å². The summed E-state index contributed by atoms with van der Waals surface area (Å²) in [4.78, 5) is 24.1. The van der Waals surface area contributed by atoms with Crippen molar-refractivity contribution in [2.45, 2.75) is 9.79 Å². The van der Waals surface area contributed by atoms with Crippen LogP contribution in [0, 0.1) is 10.1 Å². The fourth-order valence-corrected chi connectivity index (χ4v) is 5.84. The smallest absolute Gasteiger partial charge is 0.270 e. The number of nitro benzene ring substituents is 1. The van der Waals surface area contributed by atoms with Crippen LogP contribution in [0.5, 0.6) is 0 Å². The monoisotopic (exact) mass is 482 g/mol. The van der Waals surface area contributed by atoms with E-state index in [2.05, 4.69) is 0 Å². The van der Waals surface area contributed by atoms with Gasteiger partial charge in [0.05, 0.1) is 21.3 Å². The Morgan fingerprint density at radius 1 is 0.969 bits per heavy atom. The van der Waals surface area contributed by atoms with Crippen LogP contribution in [0.1, 0.15) is 0 Å². The first kappa shape index (κ1) is 23.8. The van der Waals surface area contributed by atoms with Crippen molar-refractivity contribution in [3.8, 4) is 0 Å². The molecule has 13 heteroatoms. The molecule has 172 valence electrons. The Hall–Kier alpha value is -2.87. The number of hydrogen-bond acceptors (Lipinski definition) is 7. The number of nitro groups is 1. The van der Waals surface area contributed by atoms with Gasteiger partial charge in [0, 0.05) is 45.4 Å². The zero-order chi connectivity index (χ0) is 23.5. The lowest BCUT2D eigenvalue weighted by Gasteiger charge is -2.34. The molecule has 0 aromatic heterocycles. The maximum absolute atomic E-state index is 12.8. The lowest BCUT2D eigenvalue weighted by molar-refractivity contribution is -0.385. The summed E-state index contributed by atoms with van der Waals surface area (Å²) in [6.07, 6.45) is 0. The van der Waals surface area contributed by atoms with Crippen LogP contribution in [0.2, 0.25) is 0 Å². The zero-order valence-corrected chi connectivity index (χ0v) is 18.8. The van der Waals surface area contributed by atoms with E-state index in [0.29, 0.717) is 0 Å². The molecule has 0 N–H and O–H groups in total. The van der Waals surface area contributed by atoms with Crippen molar-refractivity contribution in [3.63, 3.8) is 0 Å². The number of amides is 1. The highest BCUT2D eigenvalue weighted by Gasteiger charge is 2.32. The van der Waals surface area contributed by atoms with Crippen molar-refractivity contribution in [2.75, 3.05) is 39.8 Å². The second-order valence-corrected chi connectivity index (χ2v) is 11.1. The third-order valence-electron chi connectivity index (χ3n) is 5.07. The number of piperazine rings is 1. The number of carbonyl (C=O) groups is 1. The number of benzene rings is 2. The van der Waals surface area contributed by atoms with Crippen molar-refractivity contribution in [1.82, 2.24) is 13.5 Å². The molecule has 1 saturated heterocycles. The van der Waals surface area contributed by atoms with Gasteiger partial charge in [0.25, 0.3) is 5.69 Å². The van der Waals surface area contributed by atoms with Crippen molar-refractivity contribution in [1.29, 1.82) is 0 Å². The molecule has 0 aliphatic carbocycles. The highest BCUT2D eigenvalue weighted by atomic mass is 32.2. The second-order valence-electron chi connectivity index (χ2n) is 7.11. The van der Waals surface area contributed by atoms with Crippen LogP contribution in [-0.2, 0) is 24.8 Å². The Morgan fingerprint density at radius 3 is 2.16 bits per heavy atom. The van der Waals surface area contributed by atoms with Gasteiger partial charge in [-0.15, -0.1) is 0 Å². The highest BCUT2D eigenvalue weighted by molar-refractivity contribution is 7.89. The predicted octanol–water partition coefficient (Wildman–Crippen LogP) is 0.748. The van der Waals surface area contributed by atoms with Crippen LogP contribution < -0.4 is 0 Å². The minimum atomic E-state index is -3.96. The molecule has 2 aromatic carbocycles. The topological polar surface area (TPSA) is 138 Å². The van der Waals surface area contributed by atoms with E-state index in [-0.39, 0.29) is 48.2 Å². The van der Waals surface area contributed by atoms with Gasteiger partial charge >= 0.3 is 0 Å². The molecular weight excluding hydrogens is 460 g/mol. The fourth-order valence-electron chi connectivity index (χ4n) is 3.23. The SMILES string of the molecule is CN(CC(=O)N1CCN(S(=O)(=O)c2cccc([N+](=O)[O-])c2)CC1)S(=O)(=O)c1ccccc1. The first-order valence-corrected chi connectivity index (χ1v) is 12.5. The number of nitrogens with zero attached hydrogens (tertiary/aromatic N) is 4. The van der Waals surface area contributed by atoms with Gasteiger partial charge in [-0.1, -0.05) is 24.3 Å². The van der Waals surface area contributed by atoms with Crippen LogP contribution >= 0.6 is 0 Å². The number of hydrogen-bond donors (Lipinski definition) is 0. The van der Waals surface area contributed by atoms with E-state index in [9.17, 15) is 31.7 Å². The Kier molecular flexibility index (Phi) is 6.93. The van der Waals surface area contributed by atoms with Crippen LogP contribution in [-0.4, -0.2) is 80.9 Å². The summed E-state index contributed by atoms with van der Waals surface area (Å²) < 4.78 is 52.9. The summed E-state index contributed by atoms with van der Waals surface area (Å²) >= 11 is 0. The Balaban J connectivity index is 1.63. The summed E-state index contributed by atoms with van der Waals surface area (Å²) in [6, 6.07) is 12.5. The van der Waals surface area contributed by atoms with Crippen molar-refractivity contribution in [2.24, 2.45) is 0 Å². The van der Waals surface area contributed by atoms with Gasteiger partial charge in [0.2, 0.25) is 26.0 Å². The average molecular weight is 483 g/mol. The molecule has 1 aliphatic rings. The number of likely N-dealkylation sites (N-methyl/N-ethyl adjacent to an activating group) is 1. The van der Waals surface area contributed by atoms with Gasteiger partial charge in [0.1, 0.15) is 0 Å². The molecule has 3 rings (SSSR count). The lowest BCUT2D eigenvalue weighted by Crippen LogP contribution is -2.52. The van der Waals surface area contributed by atoms with Gasteiger partial charge in [-0.25, -0.2) is 16.8 Å². The molecule has 2 aromatic rings. The van der Waals surface area contributed by atoms with Crippen molar-refractivity contribution in [3.05, 3.63) is 64.7 Å². The molecule has 32 heavy (non-hydrogen) atoms. The third kappa shape index (κ3) is 4.96. The molecule has 11 nitrogen and oxygen atoms in total. The molecule has 1 heterocycles.